The lowest BCUT2D eigenvalue weighted by molar-refractivity contribution is -0.129. The molecule has 130 valence electrons. The fourth-order valence-corrected chi connectivity index (χ4v) is 3.60. The monoisotopic (exact) mass is 356 g/mol. The molecule has 25 heavy (non-hydrogen) atoms. The van der Waals surface area contributed by atoms with Gasteiger partial charge >= 0.3 is 0 Å². The van der Waals surface area contributed by atoms with Gasteiger partial charge in [-0.1, -0.05) is 18.2 Å². The molecule has 0 saturated heterocycles. The summed E-state index contributed by atoms with van der Waals surface area (Å²) in [6, 6.07) is 13.5. The lowest BCUT2D eigenvalue weighted by Gasteiger charge is -2.16. The van der Waals surface area contributed by atoms with Crippen LogP contribution < -0.4 is 9.47 Å². The summed E-state index contributed by atoms with van der Waals surface area (Å²) in [5.74, 6) is 1.31. The predicted octanol–water partition coefficient (Wildman–Crippen LogP) is 3.51. The molecule has 0 aliphatic rings. The summed E-state index contributed by atoms with van der Waals surface area (Å²) in [6.07, 6.45) is 0.307. The van der Waals surface area contributed by atoms with Gasteiger partial charge in [-0.25, -0.2) is 4.98 Å². The Morgan fingerprint density at radius 1 is 1.12 bits per heavy atom. The molecule has 0 aliphatic carbocycles. The van der Waals surface area contributed by atoms with Crippen LogP contribution in [0.4, 0.5) is 0 Å². The van der Waals surface area contributed by atoms with Crippen molar-refractivity contribution in [2.45, 2.75) is 13.0 Å². The van der Waals surface area contributed by atoms with Crippen molar-refractivity contribution >= 4 is 27.5 Å². The maximum atomic E-state index is 12.5. The molecule has 0 spiro atoms. The first-order chi connectivity index (χ1) is 12.1. The second kappa shape index (κ2) is 7.53. The van der Waals surface area contributed by atoms with Crippen molar-refractivity contribution in [1.29, 1.82) is 0 Å². The maximum Gasteiger partial charge on any atom is 0.227 e. The van der Waals surface area contributed by atoms with E-state index >= 15 is 0 Å². The van der Waals surface area contributed by atoms with Gasteiger partial charge in [0, 0.05) is 7.05 Å². The Balaban J connectivity index is 1.68. The fraction of sp³-hybridized carbons (Fsp3) is 0.263. The van der Waals surface area contributed by atoms with E-state index < -0.39 is 0 Å². The molecular weight excluding hydrogens is 336 g/mol. The highest BCUT2D eigenvalue weighted by Crippen LogP contribution is 2.28. The van der Waals surface area contributed by atoms with Crippen LogP contribution in [-0.4, -0.2) is 37.1 Å². The summed E-state index contributed by atoms with van der Waals surface area (Å²) in [7, 11) is 4.98. The van der Waals surface area contributed by atoms with E-state index in [0.29, 0.717) is 24.5 Å². The molecule has 0 saturated carbocycles. The molecule has 1 heterocycles. The minimum Gasteiger partial charge on any atom is -0.493 e. The van der Waals surface area contributed by atoms with Crippen molar-refractivity contribution in [3.8, 4) is 11.5 Å². The highest BCUT2D eigenvalue weighted by Gasteiger charge is 2.14. The number of ether oxygens (including phenoxy) is 2. The third-order valence-electron chi connectivity index (χ3n) is 3.94. The standard InChI is InChI=1S/C19H20N2O3S/c1-21(12-18-20-14-6-4-5-7-17(14)25-18)19(22)11-13-8-9-15(23-2)16(10-13)24-3/h4-10H,11-12H2,1-3H3. The molecule has 0 fully saturated rings. The molecular formula is C19H20N2O3S. The quantitative estimate of drug-likeness (QED) is 0.678. The zero-order valence-corrected chi connectivity index (χ0v) is 15.3. The summed E-state index contributed by atoms with van der Waals surface area (Å²) in [5.41, 5.74) is 1.86. The van der Waals surface area contributed by atoms with E-state index in [2.05, 4.69) is 4.98 Å². The van der Waals surface area contributed by atoms with Crippen molar-refractivity contribution in [1.82, 2.24) is 9.88 Å². The number of nitrogens with zero attached hydrogens (tertiary/aromatic N) is 2. The van der Waals surface area contributed by atoms with Crippen LogP contribution in [0.25, 0.3) is 10.2 Å². The van der Waals surface area contributed by atoms with Gasteiger partial charge in [0.25, 0.3) is 0 Å². The van der Waals surface area contributed by atoms with Gasteiger partial charge in [-0.05, 0) is 29.8 Å². The third-order valence-corrected chi connectivity index (χ3v) is 4.96. The topological polar surface area (TPSA) is 51.7 Å². The molecule has 2 aromatic carbocycles. The van der Waals surface area contributed by atoms with Gasteiger partial charge in [0.2, 0.25) is 5.91 Å². The normalized spacial score (nSPS) is 10.7. The predicted molar refractivity (Wildman–Crippen MR) is 99.3 cm³/mol. The van der Waals surface area contributed by atoms with Gasteiger partial charge in [-0.15, -0.1) is 11.3 Å². The number of benzene rings is 2. The van der Waals surface area contributed by atoms with E-state index in [1.54, 1.807) is 37.5 Å². The Morgan fingerprint density at radius 2 is 1.88 bits per heavy atom. The Kier molecular flexibility index (Phi) is 5.19. The smallest absolute Gasteiger partial charge is 0.227 e. The number of thiazole rings is 1. The molecule has 0 unspecified atom stereocenters. The molecule has 0 radical (unpaired) electrons. The van der Waals surface area contributed by atoms with Gasteiger partial charge < -0.3 is 14.4 Å². The number of methoxy groups -OCH3 is 2. The van der Waals surface area contributed by atoms with Crippen molar-refractivity contribution in [2.24, 2.45) is 0 Å². The molecule has 6 heteroatoms. The lowest BCUT2D eigenvalue weighted by atomic mass is 10.1. The van der Waals surface area contributed by atoms with Crippen molar-refractivity contribution < 1.29 is 14.3 Å². The lowest BCUT2D eigenvalue weighted by Crippen LogP contribution is -2.27. The van der Waals surface area contributed by atoms with Crippen LogP contribution in [0.15, 0.2) is 42.5 Å². The van der Waals surface area contributed by atoms with E-state index in [-0.39, 0.29) is 5.91 Å². The summed E-state index contributed by atoms with van der Waals surface area (Å²) >= 11 is 1.62. The first kappa shape index (κ1) is 17.2. The molecule has 1 aromatic heterocycles. The first-order valence-corrected chi connectivity index (χ1v) is 8.71. The second-order valence-electron chi connectivity index (χ2n) is 5.69. The van der Waals surface area contributed by atoms with Gasteiger partial charge in [0.15, 0.2) is 11.5 Å². The largest absolute Gasteiger partial charge is 0.493 e. The van der Waals surface area contributed by atoms with Gasteiger partial charge in [0.05, 0.1) is 37.4 Å². The minimum absolute atomic E-state index is 0.0338. The van der Waals surface area contributed by atoms with E-state index in [0.717, 1.165) is 20.8 Å². The number of carbonyl (C=O) groups is 1. The van der Waals surface area contributed by atoms with E-state index in [4.69, 9.17) is 9.47 Å². The maximum absolute atomic E-state index is 12.5. The van der Waals surface area contributed by atoms with Crippen LogP contribution in [-0.2, 0) is 17.8 Å². The van der Waals surface area contributed by atoms with Crippen molar-refractivity contribution in [2.75, 3.05) is 21.3 Å². The minimum atomic E-state index is 0.0338. The molecule has 0 N–H and O–H groups in total. The molecule has 1 amide bonds. The summed E-state index contributed by atoms with van der Waals surface area (Å²) in [6.45, 7) is 0.505. The van der Waals surface area contributed by atoms with Crippen LogP contribution in [0.2, 0.25) is 0 Å². The first-order valence-electron chi connectivity index (χ1n) is 7.90. The Hall–Kier alpha value is -2.60. The van der Waals surface area contributed by atoms with Crippen LogP contribution in [0.3, 0.4) is 0 Å². The number of fused-ring (bicyclic) bond motifs is 1. The second-order valence-corrected chi connectivity index (χ2v) is 6.81. The van der Waals surface area contributed by atoms with Crippen LogP contribution in [0, 0.1) is 0 Å². The number of hydrogen-bond acceptors (Lipinski definition) is 5. The van der Waals surface area contributed by atoms with Crippen LogP contribution >= 0.6 is 11.3 Å². The molecule has 3 aromatic rings. The van der Waals surface area contributed by atoms with Crippen LogP contribution in [0.5, 0.6) is 11.5 Å². The SMILES string of the molecule is COc1ccc(CC(=O)N(C)Cc2nc3ccccc3s2)cc1OC. The van der Waals surface area contributed by atoms with Crippen molar-refractivity contribution in [3.63, 3.8) is 0 Å². The average Bonchev–Trinajstić information content (AvgIpc) is 3.03. The summed E-state index contributed by atoms with van der Waals surface area (Å²) in [5, 5.41) is 0.935. The Bertz CT molecular complexity index is 858. The number of hydrogen-bond donors (Lipinski definition) is 0. The molecule has 0 atom stereocenters. The van der Waals surface area contributed by atoms with E-state index in [1.165, 1.54) is 0 Å². The molecule has 0 aliphatic heterocycles. The number of aromatic nitrogens is 1. The molecule has 5 nitrogen and oxygen atoms in total. The van der Waals surface area contributed by atoms with Gasteiger partial charge in [-0.2, -0.15) is 0 Å². The number of likely N-dealkylation sites (N-methyl/N-ethyl adjacent to an activating group) is 1. The van der Waals surface area contributed by atoms with Gasteiger partial charge in [-0.3, -0.25) is 4.79 Å². The van der Waals surface area contributed by atoms with E-state index in [9.17, 15) is 4.79 Å². The summed E-state index contributed by atoms with van der Waals surface area (Å²) < 4.78 is 11.7. The number of rotatable bonds is 6. The van der Waals surface area contributed by atoms with Gasteiger partial charge in [0.1, 0.15) is 5.01 Å². The Morgan fingerprint density at radius 3 is 2.60 bits per heavy atom. The zero-order chi connectivity index (χ0) is 17.8. The number of para-hydroxylation sites is 1. The highest BCUT2D eigenvalue weighted by atomic mass is 32.1. The average molecular weight is 356 g/mol. The molecule has 3 rings (SSSR count). The summed E-state index contributed by atoms with van der Waals surface area (Å²) in [4.78, 5) is 18.8. The highest BCUT2D eigenvalue weighted by molar-refractivity contribution is 7.18. The Labute approximate surface area is 150 Å². The van der Waals surface area contributed by atoms with Crippen molar-refractivity contribution in [3.05, 3.63) is 53.0 Å². The fourth-order valence-electron chi connectivity index (χ4n) is 2.58. The van der Waals surface area contributed by atoms with Crippen LogP contribution in [0.1, 0.15) is 10.6 Å². The zero-order valence-electron chi connectivity index (χ0n) is 14.5. The number of amides is 1. The molecule has 0 bridgehead atoms. The number of carbonyl (C=O) groups excluding carboxylic acids is 1. The van der Waals surface area contributed by atoms with E-state index in [1.807, 2.05) is 42.5 Å². The third kappa shape index (κ3) is 3.91.